The largest absolute Gasteiger partial charge is 0.281 e. The Morgan fingerprint density at radius 2 is 1.67 bits per heavy atom. The Labute approximate surface area is 116 Å². The van der Waals surface area contributed by atoms with Crippen LogP contribution in [0.4, 0.5) is 0 Å². The second-order valence-electron chi connectivity index (χ2n) is 6.88. The van der Waals surface area contributed by atoms with E-state index in [0.29, 0.717) is 6.54 Å². The molecule has 0 radical (unpaired) electrons. The van der Waals surface area contributed by atoms with E-state index in [1.54, 1.807) is 4.90 Å². The van der Waals surface area contributed by atoms with Gasteiger partial charge in [0.1, 0.15) is 0 Å². The van der Waals surface area contributed by atoms with Crippen molar-refractivity contribution in [1.82, 2.24) is 4.90 Å². The summed E-state index contributed by atoms with van der Waals surface area (Å²) in [4.78, 5) is 26.2. The van der Waals surface area contributed by atoms with Gasteiger partial charge in [0.15, 0.2) is 0 Å². The first kappa shape index (κ1) is 12.6. The van der Waals surface area contributed by atoms with Crippen LogP contribution >= 0.6 is 15.9 Å². The normalized spacial score (nSPS) is 36.1. The molecule has 0 aromatic heterocycles. The Kier molecular flexibility index (Phi) is 2.68. The molecule has 0 spiro atoms. The van der Waals surface area contributed by atoms with Gasteiger partial charge in [0.05, 0.1) is 11.8 Å². The summed E-state index contributed by atoms with van der Waals surface area (Å²) in [6, 6.07) is 0. The minimum atomic E-state index is -0.0814. The van der Waals surface area contributed by atoms with E-state index < -0.39 is 0 Å². The maximum Gasteiger partial charge on any atom is 0.233 e. The molecule has 100 valence electrons. The fourth-order valence-electron chi connectivity index (χ4n) is 3.95. The molecule has 0 bridgehead atoms. The number of nitrogens with zero attached hydrogens (tertiary/aromatic N) is 1. The summed E-state index contributed by atoms with van der Waals surface area (Å²) >= 11 is 3.58. The lowest BCUT2D eigenvalue weighted by Crippen LogP contribution is -2.44. The van der Waals surface area contributed by atoms with E-state index in [1.165, 1.54) is 12.8 Å². The van der Waals surface area contributed by atoms with Gasteiger partial charge in [0.2, 0.25) is 11.8 Å². The highest BCUT2D eigenvalue weighted by Crippen LogP contribution is 2.63. The standard InChI is InChI=1S/C14H20BrNO2/c1-13(2)9-10(13)12(18)16(11(9)17)8-14(7-15)5-3-4-6-14/h9-10H,3-8H2,1-2H3. The first-order chi connectivity index (χ1) is 8.43. The lowest BCUT2D eigenvalue weighted by Gasteiger charge is -2.32. The van der Waals surface area contributed by atoms with Crippen molar-refractivity contribution in [3.8, 4) is 0 Å². The van der Waals surface area contributed by atoms with Gasteiger partial charge in [-0.3, -0.25) is 14.5 Å². The highest BCUT2D eigenvalue weighted by molar-refractivity contribution is 9.09. The maximum absolute atomic E-state index is 12.3. The van der Waals surface area contributed by atoms with Gasteiger partial charge in [-0.05, 0) is 23.7 Å². The minimum Gasteiger partial charge on any atom is -0.281 e. The van der Waals surface area contributed by atoms with Gasteiger partial charge >= 0.3 is 0 Å². The molecule has 3 rings (SSSR count). The third-order valence-corrected chi connectivity index (χ3v) is 6.52. The van der Waals surface area contributed by atoms with Crippen LogP contribution in [-0.2, 0) is 9.59 Å². The number of alkyl halides is 1. The van der Waals surface area contributed by atoms with Gasteiger partial charge in [-0.15, -0.1) is 0 Å². The Morgan fingerprint density at radius 3 is 2.11 bits per heavy atom. The van der Waals surface area contributed by atoms with Crippen LogP contribution in [0.15, 0.2) is 0 Å². The van der Waals surface area contributed by atoms with E-state index >= 15 is 0 Å². The van der Waals surface area contributed by atoms with Crippen molar-refractivity contribution in [1.29, 1.82) is 0 Å². The number of rotatable bonds is 3. The first-order valence-corrected chi connectivity index (χ1v) is 7.96. The third kappa shape index (κ3) is 1.54. The monoisotopic (exact) mass is 313 g/mol. The Hall–Kier alpha value is -0.380. The summed E-state index contributed by atoms with van der Waals surface area (Å²) < 4.78 is 0. The van der Waals surface area contributed by atoms with Gasteiger partial charge in [-0.1, -0.05) is 42.6 Å². The lowest BCUT2D eigenvalue weighted by atomic mass is 9.87. The molecular weight excluding hydrogens is 294 g/mol. The average molecular weight is 314 g/mol. The number of hydrogen-bond donors (Lipinski definition) is 0. The molecule has 3 fully saturated rings. The topological polar surface area (TPSA) is 37.4 Å². The predicted molar refractivity (Wildman–Crippen MR) is 72.2 cm³/mol. The highest BCUT2D eigenvalue weighted by atomic mass is 79.9. The van der Waals surface area contributed by atoms with E-state index in [-0.39, 0.29) is 34.5 Å². The SMILES string of the molecule is CC1(C)C2C(=O)N(CC3(CBr)CCCC3)C(=O)C21. The molecule has 0 N–H and O–H groups in total. The van der Waals surface area contributed by atoms with E-state index in [9.17, 15) is 9.59 Å². The smallest absolute Gasteiger partial charge is 0.233 e. The van der Waals surface area contributed by atoms with Crippen molar-refractivity contribution in [3.63, 3.8) is 0 Å². The molecule has 1 saturated heterocycles. The Bertz CT molecular complexity index is 388. The van der Waals surface area contributed by atoms with Gasteiger partial charge in [-0.25, -0.2) is 0 Å². The number of likely N-dealkylation sites (tertiary alicyclic amines) is 1. The summed E-state index contributed by atoms with van der Waals surface area (Å²) in [6.45, 7) is 4.70. The fraction of sp³-hybridized carbons (Fsp3) is 0.857. The Morgan fingerprint density at radius 1 is 1.17 bits per heavy atom. The van der Waals surface area contributed by atoms with Gasteiger partial charge < -0.3 is 0 Å². The molecule has 2 unspecified atom stereocenters. The number of hydrogen-bond acceptors (Lipinski definition) is 2. The maximum atomic E-state index is 12.3. The second kappa shape index (κ2) is 3.81. The van der Waals surface area contributed by atoms with E-state index in [2.05, 4.69) is 15.9 Å². The van der Waals surface area contributed by atoms with Crippen LogP contribution in [0.1, 0.15) is 39.5 Å². The van der Waals surface area contributed by atoms with Crippen molar-refractivity contribution in [2.24, 2.45) is 22.7 Å². The zero-order chi connectivity index (χ0) is 13.1. The van der Waals surface area contributed by atoms with Crippen LogP contribution in [0.3, 0.4) is 0 Å². The summed E-state index contributed by atoms with van der Waals surface area (Å²) in [5, 5.41) is 0.899. The summed E-state index contributed by atoms with van der Waals surface area (Å²) in [7, 11) is 0. The van der Waals surface area contributed by atoms with Crippen molar-refractivity contribution in [2.45, 2.75) is 39.5 Å². The number of carbonyl (C=O) groups is 2. The molecular formula is C14H20BrNO2. The number of halogens is 1. The van der Waals surface area contributed by atoms with Crippen molar-refractivity contribution in [3.05, 3.63) is 0 Å². The average Bonchev–Trinajstić information content (AvgIpc) is 2.68. The number of carbonyl (C=O) groups excluding carboxylic acids is 2. The molecule has 1 aliphatic heterocycles. The fourth-order valence-corrected chi connectivity index (χ4v) is 4.69. The van der Waals surface area contributed by atoms with Crippen LogP contribution < -0.4 is 0 Å². The lowest BCUT2D eigenvalue weighted by molar-refractivity contribution is -0.144. The van der Waals surface area contributed by atoms with E-state index in [4.69, 9.17) is 0 Å². The minimum absolute atomic E-state index is 0.0289. The Balaban J connectivity index is 1.76. The molecule has 3 nitrogen and oxygen atoms in total. The molecule has 1 heterocycles. The third-order valence-electron chi connectivity index (χ3n) is 5.33. The summed E-state index contributed by atoms with van der Waals surface area (Å²) in [5.74, 6) is 0.113. The van der Waals surface area contributed by atoms with Crippen LogP contribution in [0.5, 0.6) is 0 Å². The van der Waals surface area contributed by atoms with Crippen molar-refractivity contribution in [2.75, 3.05) is 11.9 Å². The number of imide groups is 1. The molecule has 2 saturated carbocycles. The molecule has 2 amide bonds. The van der Waals surface area contributed by atoms with E-state index in [0.717, 1.165) is 18.2 Å². The van der Waals surface area contributed by atoms with E-state index in [1.807, 2.05) is 13.8 Å². The van der Waals surface area contributed by atoms with Crippen LogP contribution in [-0.4, -0.2) is 28.6 Å². The number of amides is 2. The molecule has 2 atom stereocenters. The zero-order valence-corrected chi connectivity index (χ0v) is 12.6. The van der Waals surface area contributed by atoms with Crippen molar-refractivity contribution >= 4 is 27.7 Å². The van der Waals surface area contributed by atoms with Crippen molar-refractivity contribution < 1.29 is 9.59 Å². The van der Waals surface area contributed by atoms with Gasteiger partial charge in [0.25, 0.3) is 0 Å². The first-order valence-electron chi connectivity index (χ1n) is 6.84. The molecule has 0 aromatic carbocycles. The second-order valence-corrected chi connectivity index (χ2v) is 7.44. The van der Waals surface area contributed by atoms with Crippen LogP contribution in [0.2, 0.25) is 0 Å². The van der Waals surface area contributed by atoms with Crippen LogP contribution in [0, 0.1) is 22.7 Å². The molecule has 2 aliphatic carbocycles. The molecule has 4 heteroatoms. The molecule has 3 aliphatic rings. The number of piperidine rings is 1. The highest BCUT2D eigenvalue weighted by Gasteiger charge is 2.72. The summed E-state index contributed by atoms with van der Waals surface area (Å²) in [6.07, 6.45) is 4.71. The molecule has 0 aromatic rings. The zero-order valence-electron chi connectivity index (χ0n) is 11.0. The summed E-state index contributed by atoms with van der Waals surface area (Å²) in [5.41, 5.74) is 0.0636. The number of fused-ring (bicyclic) bond motifs is 1. The van der Waals surface area contributed by atoms with Gasteiger partial charge in [-0.2, -0.15) is 0 Å². The predicted octanol–water partition coefficient (Wildman–Crippen LogP) is 2.58. The van der Waals surface area contributed by atoms with Crippen LogP contribution in [0.25, 0.3) is 0 Å². The molecule has 18 heavy (non-hydrogen) atoms. The van der Waals surface area contributed by atoms with Gasteiger partial charge in [0, 0.05) is 11.9 Å². The quantitative estimate of drug-likeness (QED) is 0.593.